The molecule has 0 heterocycles. The minimum absolute atomic E-state index is 0.826. The molecule has 4 N–H and O–H groups in total. The van der Waals surface area contributed by atoms with Gasteiger partial charge in [0.1, 0.15) is 0 Å². The third-order valence-electron chi connectivity index (χ3n) is 1.59. The zero-order chi connectivity index (χ0) is 15.9. The minimum Gasteiger partial charge on any atom is -0.302 e. The first-order chi connectivity index (χ1) is 8.86. The molecular weight excluding hydrogens is 357 g/mol. The SMILES string of the molecule is O=P(O)(O)OP(O)(O)=[S+]c1c(F)c(F)c(F)c(F)c1F. The maximum absolute atomic E-state index is 13.2. The van der Waals surface area contributed by atoms with Crippen molar-refractivity contribution in [3.63, 3.8) is 0 Å². The summed E-state index contributed by atoms with van der Waals surface area (Å²) in [6.07, 6.45) is 0. The van der Waals surface area contributed by atoms with Crippen LogP contribution in [0, 0.1) is 29.1 Å². The van der Waals surface area contributed by atoms with Crippen LogP contribution in [0.3, 0.4) is 0 Å². The van der Waals surface area contributed by atoms with Gasteiger partial charge < -0.3 is 9.79 Å². The van der Waals surface area contributed by atoms with E-state index in [4.69, 9.17) is 19.6 Å². The maximum atomic E-state index is 13.2. The van der Waals surface area contributed by atoms with Gasteiger partial charge in [0.05, 0.1) is 0 Å². The number of benzene rings is 1. The van der Waals surface area contributed by atoms with E-state index in [1.165, 1.54) is 0 Å². The summed E-state index contributed by atoms with van der Waals surface area (Å²) < 4.78 is 78.4. The summed E-state index contributed by atoms with van der Waals surface area (Å²) in [5.41, 5.74) is 0. The molecule has 1 rings (SSSR count). The Labute approximate surface area is 110 Å². The lowest BCUT2D eigenvalue weighted by Gasteiger charge is -2.04. The van der Waals surface area contributed by atoms with Crippen molar-refractivity contribution in [1.29, 1.82) is 0 Å². The molecule has 14 heteroatoms. The van der Waals surface area contributed by atoms with Crippen LogP contribution in [0.25, 0.3) is 0 Å². The molecule has 0 atom stereocenters. The van der Waals surface area contributed by atoms with Crippen LogP contribution in [0.2, 0.25) is 0 Å². The van der Waals surface area contributed by atoms with Gasteiger partial charge >= 0.3 is 19.4 Å². The van der Waals surface area contributed by atoms with E-state index < -0.39 is 59.5 Å². The van der Waals surface area contributed by atoms with E-state index in [0.29, 0.717) is 0 Å². The van der Waals surface area contributed by atoms with Gasteiger partial charge in [-0.25, -0.2) is 17.7 Å². The third-order valence-corrected chi connectivity index (χ3v) is 5.93. The van der Waals surface area contributed by atoms with Gasteiger partial charge in [-0.15, -0.1) is 0 Å². The highest BCUT2D eigenvalue weighted by Gasteiger charge is 2.41. The first-order valence-electron chi connectivity index (χ1n) is 4.18. The van der Waals surface area contributed by atoms with Crippen molar-refractivity contribution in [2.45, 2.75) is 4.90 Å². The molecule has 6 nitrogen and oxygen atoms in total. The number of phosphoric acid groups is 1. The van der Waals surface area contributed by atoms with Crippen LogP contribution in [-0.4, -0.2) is 19.6 Å². The Bertz CT molecular complexity index is 625. The molecule has 0 aliphatic carbocycles. The number of hydrogen-bond acceptors (Lipinski definition) is 2. The predicted octanol–water partition coefficient (Wildman–Crippen LogP) is 1.60. The standard InChI is InChI=1S/C6H3F5O6P2S/c7-1-2(8)4(10)6(5(11)3(1)9)20-19(15,16)17-18(12,13)14/h(H3-,12,13,14,15,16)/p+1. The Balaban J connectivity index is 3.53. The lowest BCUT2D eigenvalue weighted by molar-refractivity contribution is 0.259. The van der Waals surface area contributed by atoms with Gasteiger partial charge in [0, 0.05) is 0 Å². The van der Waals surface area contributed by atoms with Gasteiger partial charge in [-0.2, -0.15) is 13.1 Å². The lowest BCUT2D eigenvalue weighted by atomic mass is 10.3. The van der Waals surface area contributed by atoms with Crippen LogP contribution in [0.1, 0.15) is 0 Å². The summed E-state index contributed by atoms with van der Waals surface area (Å²) in [5, 5.41) is 0. The van der Waals surface area contributed by atoms with Crippen LogP contribution in [0.4, 0.5) is 22.0 Å². The fourth-order valence-electron chi connectivity index (χ4n) is 0.939. The summed E-state index contributed by atoms with van der Waals surface area (Å²) in [4.78, 5) is 33.0. The zero-order valence-electron chi connectivity index (χ0n) is 8.80. The molecule has 0 aliphatic heterocycles. The normalized spacial score (nSPS) is 12.7. The van der Waals surface area contributed by atoms with Crippen LogP contribution in [0.5, 0.6) is 0 Å². The van der Waals surface area contributed by atoms with Gasteiger partial charge in [-0.05, 0) is 0 Å². The first-order valence-corrected chi connectivity index (χ1v) is 8.74. The second-order valence-electron chi connectivity index (χ2n) is 3.05. The Hall–Kier alpha value is -0.450. The van der Waals surface area contributed by atoms with Crippen molar-refractivity contribution in [2.24, 2.45) is 0 Å². The van der Waals surface area contributed by atoms with Crippen LogP contribution in [-0.2, 0) is 19.8 Å². The number of rotatable bonds is 3. The van der Waals surface area contributed by atoms with Gasteiger partial charge in [0.15, 0.2) is 0 Å². The minimum atomic E-state index is -5.47. The molecule has 1 aromatic carbocycles. The average Bonchev–Trinajstić information content (AvgIpc) is 2.26. The Kier molecular flexibility index (Phi) is 5.05. The monoisotopic (exact) mass is 361 g/mol. The second kappa shape index (κ2) is 5.74. The van der Waals surface area contributed by atoms with E-state index in [9.17, 15) is 26.5 Å². The molecule has 1 aromatic rings. The van der Waals surface area contributed by atoms with E-state index in [-0.39, 0.29) is 0 Å². The molecule has 0 spiro atoms. The van der Waals surface area contributed by atoms with Crippen LogP contribution in [0.15, 0.2) is 4.90 Å². The highest BCUT2D eigenvalue weighted by Crippen LogP contribution is 2.56. The fourth-order valence-corrected chi connectivity index (χ4v) is 5.03. The van der Waals surface area contributed by atoms with Crippen molar-refractivity contribution < 1.29 is 50.4 Å². The zero-order valence-corrected chi connectivity index (χ0v) is 11.4. The molecule has 0 saturated heterocycles. The van der Waals surface area contributed by atoms with Crippen molar-refractivity contribution in [3.05, 3.63) is 29.1 Å². The summed E-state index contributed by atoms with van der Waals surface area (Å²) in [5.74, 6) is -12.0. The molecular formula is C6H4F5O6P2S+. The average molecular weight is 361 g/mol. The highest BCUT2D eigenvalue weighted by molar-refractivity contribution is 8.17. The van der Waals surface area contributed by atoms with Crippen LogP contribution < -0.4 is 0 Å². The Morgan fingerprint density at radius 2 is 1.15 bits per heavy atom. The van der Waals surface area contributed by atoms with E-state index in [1.807, 2.05) is 0 Å². The quantitative estimate of drug-likeness (QED) is 0.214. The van der Waals surface area contributed by atoms with Crippen molar-refractivity contribution in [1.82, 2.24) is 0 Å². The maximum Gasteiger partial charge on any atom is 0.533 e. The molecule has 0 aliphatic rings. The summed E-state index contributed by atoms with van der Waals surface area (Å²) in [6, 6.07) is 0. The predicted molar refractivity (Wildman–Crippen MR) is 56.3 cm³/mol. The summed E-state index contributed by atoms with van der Waals surface area (Å²) in [7, 11) is -6.29. The van der Waals surface area contributed by atoms with Crippen molar-refractivity contribution >= 4 is 25.5 Å². The Morgan fingerprint density at radius 1 is 0.800 bits per heavy atom. The number of hydrogen-bond donors (Lipinski definition) is 4. The molecule has 0 unspecified atom stereocenters. The highest BCUT2D eigenvalue weighted by atomic mass is 32.5. The summed E-state index contributed by atoms with van der Waals surface area (Å²) >= 11 is 0. The van der Waals surface area contributed by atoms with Gasteiger partial charge in [-0.1, -0.05) is 0 Å². The van der Waals surface area contributed by atoms with Crippen LogP contribution >= 0.6 is 14.5 Å². The van der Waals surface area contributed by atoms with Crippen molar-refractivity contribution in [2.75, 3.05) is 0 Å². The molecule has 0 amide bonds. The van der Waals surface area contributed by atoms with E-state index in [2.05, 4.69) is 4.31 Å². The topological polar surface area (TPSA) is 107 Å². The van der Waals surface area contributed by atoms with E-state index in [0.717, 1.165) is 0 Å². The lowest BCUT2D eigenvalue weighted by Crippen LogP contribution is -2.05. The molecule has 0 aromatic heterocycles. The molecule has 114 valence electrons. The van der Waals surface area contributed by atoms with Gasteiger partial charge in [0.2, 0.25) is 29.1 Å². The van der Waals surface area contributed by atoms with E-state index in [1.54, 1.807) is 0 Å². The molecule has 0 radical (unpaired) electrons. The smallest absolute Gasteiger partial charge is 0.302 e. The van der Waals surface area contributed by atoms with E-state index >= 15 is 0 Å². The van der Waals surface area contributed by atoms with Gasteiger partial charge in [-0.3, -0.25) is 9.79 Å². The van der Waals surface area contributed by atoms with Crippen molar-refractivity contribution in [3.8, 4) is 0 Å². The molecule has 20 heavy (non-hydrogen) atoms. The Morgan fingerprint density at radius 3 is 1.50 bits per heavy atom. The fraction of sp³-hybridized carbons (Fsp3) is 0. The first kappa shape index (κ1) is 17.6. The largest absolute Gasteiger partial charge is 0.533 e. The second-order valence-corrected chi connectivity index (χ2v) is 8.23. The molecule has 0 bridgehead atoms. The third kappa shape index (κ3) is 4.03. The van der Waals surface area contributed by atoms with Gasteiger partial charge in [0.25, 0.3) is 10.9 Å². The molecule has 0 fully saturated rings. The number of halogens is 5. The summed E-state index contributed by atoms with van der Waals surface area (Å²) in [6.45, 7) is -5.18. The molecule has 0 saturated carbocycles.